The first-order valence-corrected chi connectivity index (χ1v) is 7.61. The maximum absolute atomic E-state index is 5.41. The van der Waals surface area contributed by atoms with Gasteiger partial charge in [0.05, 0.1) is 0 Å². The van der Waals surface area contributed by atoms with Crippen molar-refractivity contribution in [3.63, 3.8) is 0 Å². The van der Waals surface area contributed by atoms with E-state index >= 15 is 0 Å². The monoisotopic (exact) mass is 277 g/mol. The minimum Gasteiger partial charge on any atom is -0.338 e. The number of aromatic nitrogens is 2. The van der Waals surface area contributed by atoms with E-state index in [-0.39, 0.29) is 5.25 Å². The van der Waals surface area contributed by atoms with E-state index in [0.29, 0.717) is 11.9 Å². The fraction of sp³-hybridized carbons (Fsp3) is 0.429. The van der Waals surface area contributed by atoms with Crippen LogP contribution in [0.2, 0.25) is 0 Å². The highest BCUT2D eigenvalue weighted by molar-refractivity contribution is 7.99. The van der Waals surface area contributed by atoms with Crippen LogP contribution in [-0.2, 0) is 6.42 Å². The van der Waals surface area contributed by atoms with Crippen LogP contribution in [-0.4, -0.2) is 29.5 Å². The SMILES string of the molecule is CNC(C)Cc1noc(C(SC)c2ccccc2)n1. The Labute approximate surface area is 118 Å². The van der Waals surface area contributed by atoms with Crippen LogP contribution in [0.3, 0.4) is 0 Å². The van der Waals surface area contributed by atoms with E-state index < -0.39 is 0 Å². The van der Waals surface area contributed by atoms with Gasteiger partial charge in [0, 0.05) is 12.5 Å². The molecule has 2 rings (SSSR count). The van der Waals surface area contributed by atoms with Crippen LogP contribution >= 0.6 is 11.8 Å². The molecule has 2 atom stereocenters. The van der Waals surface area contributed by atoms with Crippen molar-refractivity contribution in [3.05, 3.63) is 47.6 Å². The predicted octanol–water partition coefficient (Wildman–Crippen LogP) is 2.67. The van der Waals surface area contributed by atoms with Gasteiger partial charge in [0.25, 0.3) is 0 Å². The van der Waals surface area contributed by atoms with Gasteiger partial charge in [-0.25, -0.2) is 0 Å². The summed E-state index contributed by atoms with van der Waals surface area (Å²) < 4.78 is 5.41. The molecule has 5 heteroatoms. The second kappa shape index (κ2) is 6.73. The van der Waals surface area contributed by atoms with E-state index in [4.69, 9.17) is 4.52 Å². The number of hydrogen-bond donors (Lipinski definition) is 1. The molecule has 0 amide bonds. The second-order valence-corrected chi connectivity index (χ2v) is 5.41. The molecule has 1 heterocycles. The van der Waals surface area contributed by atoms with Gasteiger partial charge in [0.1, 0.15) is 5.25 Å². The van der Waals surface area contributed by atoms with Gasteiger partial charge in [-0.05, 0) is 25.8 Å². The third kappa shape index (κ3) is 3.58. The standard InChI is InChI=1S/C14H19N3OS/c1-10(15-2)9-12-16-14(18-17-12)13(19-3)11-7-5-4-6-8-11/h4-8,10,13,15H,9H2,1-3H3. The zero-order valence-electron chi connectivity index (χ0n) is 11.5. The summed E-state index contributed by atoms with van der Waals surface area (Å²) >= 11 is 1.70. The largest absolute Gasteiger partial charge is 0.338 e. The van der Waals surface area contributed by atoms with Gasteiger partial charge in [0.2, 0.25) is 5.89 Å². The molecule has 4 nitrogen and oxygen atoms in total. The minimum absolute atomic E-state index is 0.104. The lowest BCUT2D eigenvalue weighted by Gasteiger charge is -2.09. The van der Waals surface area contributed by atoms with E-state index in [2.05, 4.69) is 40.8 Å². The van der Waals surface area contributed by atoms with Crippen molar-refractivity contribution in [3.8, 4) is 0 Å². The zero-order valence-corrected chi connectivity index (χ0v) is 12.3. The highest BCUT2D eigenvalue weighted by atomic mass is 32.2. The smallest absolute Gasteiger partial charge is 0.244 e. The van der Waals surface area contributed by atoms with Crippen LogP contribution in [0.15, 0.2) is 34.9 Å². The quantitative estimate of drug-likeness (QED) is 0.879. The van der Waals surface area contributed by atoms with Gasteiger partial charge in [-0.15, -0.1) is 11.8 Å². The molecule has 0 bridgehead atoms. The third-order valence-corrected chi connectivity index (χ3v) is 3.97. The summed E-state index contributed by atoms with van der Waals surface area (Å²) in [6.07, 6.45) is 2.83. The first-order valence-electron chi connectivity index (χ1n) is 6.32. The number of hydrogen-bond acceptors (Lipinski definition) is 5. The van der Waals surface area contributed by atoms with E-state index in [9.17, 15) is 0 Å². The third-order valence-electron chi connectivity index (χ3n) is 3.03. The van der Waals surface area contributed by atoms with Gasteiger partial charge in [-0.1, -0.05) is 35.5 Å². The number of nitrogens with one attached hydrogen (secondary N) is 1. The van der Waals surface area contributed by atoms with Crippen molar-refractivity contribution in [2.75, 3.05) is 13.3 Å². The Morgan fingerprint density at radius 3 is 2.68 bits per heavy atom. The zero-order chi connectivity index (χ0) is 13.7. The summed E-state index contributed by atoms with van der Waals surface area (Å²) in [5.74, 6) is 1.43. The topological polar surface area (TPSA) is 51.0 Å². The first kappa shape index (κ1) is 14.1. The molecule has 102 valence electrons. The molecule has 19 heavy (non-hydrogen) atoms. The maximum atomic E-state index is 5.41. The Morgan fingerprint density at radius 2 is 2.05 bits per heavy atom. The number of nitrogens with zero attached hydrogens (tertiary/aromatic N) is 2. The lowest BCUT2D eigenvalue weighted by atomic mass is 10.1. The second-order valence-electron chi connectivity index (χ2n) is 4.47. The van der Waals surface area contributed by atoms with Crippen molar-refractivity contribution in [1.82, 2.24) is 15.5 Å². The van der Waals surface area contributed by atoms with Crippen LogP contribution in [0.4, 0.5) is 0 Å². The van der Waals surface area contributed by atoms with Crippen LogP contribution in [0.1, 0.15) is 29.5 Å². The van der Waals surface area contributed by atoms with E-state index in [1.54, 1.807) is 11.8 Å². The van der Waals surface area contributed by atoms with Crippen LogP contribution in [0.5, 0.6) is 0 Å². The van der Waals surface area contributed by atoms with E-state index in [1.165, 1.54) is 5.56 Å². The van der Waals surface area contributed by atoms with Gasteiger partial charge < -0.3 is 9.84 Å². The number of rotatable bonds is 6. The summed E-state index contributed by atoms with van der Waals surface area (Å²) in [6.45, 7) is 2.10. The molecule has 0 saturated carbocycles. The molecule has 0 fully saturated rings. The van der Waals surface area contributed by atoms with Crippen molar-refractivity contribution in [2.24, 2.45) is 0 Å². The molecular formula is C14H19N3OS. The molecular weight excluding hydrogens is 258 g/mol. The molecule has 0 spiro atoms. The Morgan fingerprint density at radius 1 is 1.32 bits per heavy atom. The number of likely N-dealkylation sites (N-methyl/N-ethyl adjacent to an activating group) is 1. The molecule has 2 unspecified atom stereocenters. The minimum atomic E-state index is 0.104. The molecule has 0 radical (unpaired) electrons. The summed E-state index contributed by atoms with van der Waals surface area (Å²) in [5.41, 5.74) is 1.19. The summed E-state index contributed by atoms with van der Waals surface area (Å²) in [7, 11) is 1.93. The maximum Gasteiger partial charge on any atom is 0.244 e. The lowest BCUT2D eigenvalue weighted by molar-refractivity contribution is 0.375. The molecule has 0 aliphatic heterocycles. The molecule has 2 aromatic rings. The van der Waals surface area contributed by atoms with E-state index in [0.717, 1.165) is 12.2 Å². The Hall–Kier alpha value is -1.33. The van der Waals surface area contributed by atoms with Gasteiger partial charge >= 0.3 is 0 Å². The van der Waals surface area contributed by atoms with Crippen molar-refractivity contribution >= 4 is 11.8 Å². The number of thioether (sulfide) groups is 1. The average molecular weight is 277 g/mol. The predicted molar refractivity (Wildman–Crippen MR) is 78.3 cm³/mol. The Bertz CT molecular complexity index is 500. The Kier molecular flexibility index (Phi) is 4.99. The summed E-state index contributed by atoms with van der Waals surface area (Å²) in [6, 6.07) is 10.6. The molecule has 0 aliphatic rings. The Balaban J connectivity index is 2.16. The van der Waals surface area contributed by atoms with Gasteiger partial charge in [-0.3, -0.25) is 0 Å². The first-order chi connectivity index (χ1) is 9.24. The average Bonchev–Trinajstić information content (AvgIpc) is 2.89. The highest BCUT2D eigenvalue weighted by Crippen LogP contribution is 2.32. The normalized spacial score (nSPS) is 14.3. The van der Waals surface area contributed by atoms with Crippen molar-refractivity contribution in [1.29, 1.82) is 0 Å². The van der Waals surface area contributed by atoms with Crippen molar-refractivity contribution < 1.29 is 4.52 Å². The summed E-state index contributed by atoms with van der Waals surface area (Å²) in [5, 5.41) is 7.33. The van der Waals surface area contributed by atoms with Gasteiger partial charge in [0.15, 0.2) is 5.82 Å². The van der Waals surface area contributed by atoms with E-state index in [1.807, 2.05) is 25.2 Å². The summed E-state index contributed by atoms with van der Waals surface area (Å²) in [4.78, 5) is 4.51. The lowest BCUT2D eigenvalue weighted by Crippen LogP contribution is -2.24. The number of benzene rings is 1. The molecule has 1 N–H and O–H groups in total. The fourth-order valence-corrected chi connectivity index (χ4v) is 2.57. The van der Waals surface area contributed by atoms with Crippen LogP contribution in [0, 0.1) is 0 Å². The van der Waals surface area contributed by atoms with Crippen molar-refractivity contribution in [2.45, 2.75) is 24.6 Å². The molecule has 0 saturated heterocycles. The highest BCUT2D eigenvalue weighted by Gasteiger charge is 2.20. The van der Waals surface area contributed by atoms with Crippen LogP contribution < -0.4 is 5.32 Å². The molecule has 0 aliphatic carbocycles. The molecule has 1 aromatic carbocycles. The fourth-order valence-electron chi connectivity index (χ4n) is 1.84. The van der Waals surface area contributed by atoms with Crippen LogP contribution in [0.25, 0.3) is 0 Å². The van der Waals surface area contributed by atoms with Gasteiger partial charge in [-0.2, -0.15) is 4.98 Å². The molecule has 1 aromatic heterocycles.